The molecule has 0 saturated heterocycles. The minimum Gasteiger partial charge on any atom is -0.480 e. The van der Waals surface area contributed by atoms with Gasteiger partial charge in [-0.3, -0.25) is 0 Å². The van der Waals surface area contributed by atoms with Crippen LogP contribution in [0.5, 0.6) is 11.8 Å². The van der Waals surface area contributed by atoms with E-state index in [-0.39, 0.29) is 11.9 Å². The minimum absolute atomic E-state index is 0.232. The zero-order valence-electron chi connectivity index (χ0n) is 12.3. The van der Waals surface area contributed by atoms with Crippen LogP contribution in [0.1, 0.15) is 24.2 Å². The molecule has 5 nitrogen and oxygen atoms in total. The van der Waals surface area contributed by atoms with Crippen molar-refractivity contribution in [3.63, 3.8) is 0 Å². The lowest BCUT2D eigenvalue weighted by Gasteiger charge is -2.19. The third-order valence-corrected chi connectivity index (χ3v) is 3.03. The summed E-state index contributed by atoms with van der Waals surface area (Å²) >= 11 is 0. The minimum atomic E-state index is -0.276. The van der Waals surface area contributed by atoms with Crippen molar-refractivity contribution in [3.05, 3.63) is 47.5 Å². The summed E-state index contributed by atoms with van der Waals surface area (Å²) in [5.41, 5.74) is 1.52. The average molecular weight is 291 g/mol. The molecule has 6 heteroatoms. The van der Waals surface area contributed by atoms with Gasteiger partial charge in [0.05, 0.1) is 26.5 Å². The maximum Gasteiger partial charge on any atom is 0.240 e. The van der Waals surface area contributed by atoms with Crippen LogP contribution in [0.15, 0.2) is 30.5 Å². The summed E-state index contributed by atoms with van der Waals surface area (Å²) in [7, 11) is 3.05. The summed E-state index contributed by atoms with van der Waals surface area (Å²) in [6.45, 7) is 2.71. The van der Waals surface area contributed by atoms with Crippen molar-refractivity contribution < 1.29 is 13.9 Å². The Kier molecular flexibility index (Phi) is 5.05. The summed E-state index contributed by atoms with van der Waals surface area (Å²) in [5.74, 6) is 0.483. The summed E-state index contributed by atoms with van der Waals surface area (Å²) in [6.07, 6.45) is 1.53. The van der Waals surface area contributed by atoms with Crippen molar-refractivity contribution >= 4 is 0 Å². The molecule has 112 valence electrons. The number of benzene rings is 1. The van der Waals surface area contributed by atoms with Crippen LogP contribution in [0.4, 0.5) is 4.39 Å². The number of hydrogen-bond acceptors (Lipinski definition) is 5. The van der Waals surface area contributed by atoms with Crippen LogP contribution >= 0.6 is 0 Å². The summed E-state index contributed by atoms with van der Waals surface area (Å²) < 4.78 is 23.4. The first-order chi connectivity index (χ1) is 10.2. The second kappa shape index (κ2) is 6.99. The van der Waals surface area contributed by atoms with Gasteiger partial charge in [0.2, 0.25) is 11.8 Å². The molecule has 0 aliphatic rings. The third kappa shape index (κ3) is 3.46. The first-order valence-corrected chi connectivity index (χ1v) is 6.63. The van der Waals surface area contributed by atoms with E-state index < -0.39 is 0 Å². The Bertz CT molecular complexity index is 590. The third-order valence-electron chi connectivity index (χ3n) is 3.03. The van der Waals surface area contributed by atoms with Gasteiger partial charge in [-0.15, -0.1) is 0 Å². The van der Waals surface area contributed by atoms with Crippen LogP contribution in [0, 0.1) is 5.82 Å². The molecule has 0 aliphatic heterocycles. The molecule has 1 aromatic heterocycles. The molecule has 0 bridgehead atoms. The second-order valence-corrected chi connectivity index (χ2v) is 4.35. The molecule has 1 unspecified atom stereocenters. The molecule has 0 radical (unpaired) electrons. The molecule has 0 aliphatic carbocycles. The monoisotopic (exact) mass is 291 g/mol. The highest BCUT2D eigenvalue weighted by Gasteiger charge is 2.21. The van der Waals surface area contributed by atoms with Gasteiger partial charge in [-0.25, -0.2) is 9.37 Å². The number of aromatic nitrogens is 2. The summed E-state index contributed by atoms with van der Waals surface area (Å²) in [4.78, 5) is 8.60. The topological polar surface area (TPSA) is 56.3 Å². The quantitative estimate of drug-likeness (QED) is 0.885. The van der Waals surface area contributed by atoms with E-state index in [0.29, 0.717) is 17.5 Å². The Morgan fingerprint density at radius 3 is 2.48 bits per heavy atom. The van der Waals surface area contributed by atoms with Gasteiger partial charge in [-0.2, -0.15) is 4.98 Å². The largest absolute Gasteiger partial charge is 0.480 e. The van der Waals surface area contributed by atoms with Gasteiger partial charge in [-0.1, -0.05) is 19.1 Å². The molecule has 1 heterocycles. The zero-order valence-corrected chi connectivity index (χ0v) is 12.3. The lowest BCUT2D eigenvalue weighted by Crippen LogP contribution is -2.24. The van der Waals surface area contributed by atoms with Gasteiger partial charge >= 0.3 is 0 Å². The molecule has 1 atom stereocenters. The van der Waals surface area contributed by atoms with Crippen molar-refractivity contribution in [2.45, 2.75) is 13.0 Å². The first-order valence-electron chi connectivity index (χ1n) is 6.63. The van der Waals surface area contributed by atoms with Crippen LogP contribution in [0.3, 0.4) is 0 Å². The number of methoxy groups -OCH3 is 2. The van der Waals surface area contributed by atoms with E-state index in [4.69, 9.17) is 9.47 Å². The normalized spacial score (nSPS) is 12.0. The molecular formula is C15H18FN3O2. The molecule has 2 rings (SSSR count). The van der Waals surface area contributed by atoms with Gasteiger partial charge in [0.25, 0.3) is 0 Å². The molecule has 21 heavy (non-hydrogen) atoms. The van der Waals surface area contributed by atoms with Gasteiger partial charge < -0.3 is 14.8 Å². The summed E-state index contributed by atoms with van der Waals surface area (Å²) in [5, 5.41) is 3.30. The van der Waals surface area contributed by atoms with E-state index in [0.717, 1.165) is 12.1 Å². The lowest BCUT2D eigenvalue weighted by molar-refractivity contribution is 0.352. The molecule has 2 aromatic rings. The average Bonchev–Trinajstić information content (AvgIpc) is 2.53. The molecule has 0 saturated carbocycles. The van der Waals surface area contributed by atoms with Gasteiger partial charge in [0.15, 0.2) is 0 Å². The molecule has 0 amide bonds. The molecule has 0 spiro atoms. The lowest BCUT2D eigenvalue weighted by atomic mass is 10.0. The van der Waals surface area contributed by atoms with Gasteiger partial charge in [-0.05, 0) is 24.2 Å². The second-order valence-electron chi connectivity index (χ2n) is 4.35. The van der Waals surface area contributed by atoms with Crippen LogP contribution in [-0.2, 0) is 0 Å². The fraction of sp³-hybridized carbons (Fsp3) is 0.333. The SMILES string of the molecule is CCNC(c1ccc(F)cc1)c1ncc(OC)nc1OC. The molecule has 0 fully saturated rings. The van der Waals surface area contributed by atoms with Crippen molar-refractivity contribution in [3.8, 4) is 11.8 Å². The Labute approximate surface area is 123 Å². The summed E-state index contributed by atoms with van der Waals surface area (Å²) in [6, 6.07) is 6.04. The number of halogens is 1. The number of ether oxygens (including phenoxy) is 2. The van der Waals surface area contributed by atoms with Crippen molar-refractivity contribution in [1.29, 1.82) is 0 Å². The number of nitrogens with one attached hydrogen (secondary N) is 1. The zero-order chi connectivity index (χ0) is 15.2. The molecule has 1 N–H and O–H groups in total. The van der Waals surface area contributed by atoms with Gasteiger partial charge in [0, 0.05) is 0 Å². The fourth-order valence-corrected chi connectivity index (χ4v) is 2.04. The van der Waals surface area contributed by atoms with E-state index in [1.54, 1.807) is 12.1 Å². The highest BCUT2D eigenvalue weighted by Crippen LogP contribution is 2.28. The van der Waals surface area contributed by atoms with E-state index in [1.807, 2.05) is 6.92 Å². The van der Waals surface area contributed by atoms with Gasteiger partial charge in [0.1, 0.15) is 11.5 Å². The van der Waals surface area contributed by atoms with Crippen molar-refractivity contribution in [2.24, 2.45) is 0 Å². The Balaban J connectivity index is 2.44. The van der Waals surface area contributed by atoms with E-state index in [2.05, 4.69) is 15.3 Å². The van der Waals surface area contributed by atoms with Crippen LogP contribution in [0.25, 0.3) is 0 Å². The van der Waals surface area contributed by atoms with E-state index in [1.165, 1.54) is 32.5 Å². The fourth-order valence-electron chi connectivity index (χ4n) is 2.04. The number of rotatable bonds is 6. The van der Waals surface area contributed by atoms with E-state index >= 15 is 0 Å². The standard InChI is InChI=1S/C15H18FN3O2/c1-4-17-13(10-5-7-11(16)8-6-10)14-15(21-3)19-12(20-2)9-18-14/h5-9,13,17H,4H2,1-3H3. The number of nitrogens with zero attached hydrogens (tertiary/aromatic N) is 2. The molecule has 1 aromatic carbocycles. The predicted octanol–water partition coefficient (Wildman–Crippen LogP) is 2.33. The highest BCUT2D eigenvalue weighted by atomic mass is 19.1. The molecular weight excluding hydrogens is 273 g/mol. The maximum absolute atomic E-state index is 13.1. The van der Waals surface area contributed by atoms with Crippen LogP contribution in [0.2, 0.25) is 0 Å². The van der Waals surface area contributed by atoms with Crippen molar-refractivity contribution in [2.75, 3.05) is 20.8 Å². The predicted molar refractivity (Wildman–Crippen MR) is 77.1 cm³/mol. The Morgan fingerprint density at radius 2 is 1.90 bits per heavy atom. The van der Waals surface area contributed by atoms with Crippen molar-refractivity contribution in [1.82, 2.24) is 15.3 Å². The van der Waals surface area contributed by atoms with Crippen LogP contribution in [-0.4, -0.2) is 30.7 Å². The van der Waals surface area contributed by atoms with E-state index in [9.17, 15) is 4.39 Å². The smallest absolute Gasteiger partial charge is 0.240 e. The Morgan fingerprint density at radius 1 is 1.19 bits per heavy atom. The Hall–Kier alpha value is -2.21. The van der Waals surface area contributed by atoms with Crippen LogP contribution < -0.4 is 14.8 Å². The first kappa shape index (κ1) is 15.2. The highest BCUT2D eigenvalue weighted by molar-refractivity contribution is 5.34. The maximum atomic E-state index is 13.1. The number of hydrogen-bond donors (Lipinski definition) is 1.